The fraction of sp³-hybridized carbons (Fsp3) is 0.632. The predicted molar refractivity (Wildman–Crippen MR) is 103 cm³/mol. The van der Waals surface area contributed by atoms with E-state index in [1.54, 1.807) is 23.5 Å². The Morgan fingerprint density at radius 2 is 1.85 bits per heavy atom. The smallest absolute Gasteiger partial charge is 0.251 e. The van der Waals surface area contributed by atoms with E-state index < -0.39 is 10.0 Å². The van der Waals surface area contributed by atoms with E-state index in [9.17, 15) is 13.2 Å². The van der Waals surface area contributed by atoms with Gasteiger partial charge in [0.25, 0.3) is 5.91 Å². The number of benzene rings is 1. The highest BCUT2D eigenvalue weighted by molar-refractivity contribution is 7.89. The lowest BCUT2D eigenvalue weighted by Gasteiger charge is -2.36. The molecular formula is C19H29N3O4S. The minimum Gasteiger partial charge on any atom is -0.379 e. The molecule has 1 amide bonds. The number of rotatable bonds is 6. The number of nitrogens with zero attached hydrogens (tertiary/aromatic N) is 2. The molecule has 2 aliphatic rings. The minimum atomic E-state index is -3.55. The average Bonchev–Trinajstić information content (AvgIpc) is 2.72. The molecule has 1 N–H and O–H groups in total. The van der Waals surface area contributed by atoms with E-state index in [-0.39, 0.29) is 16.8 Å². The summed E-state index contributed by atoms with van der Waals surface area (Å²) in [7, 11) is -2.00. The molecule has 2 heterocycles. The zero-order chi connectivity index (χ0) is 19.3. The second-order valence-corrected chi connectivity index (χ2v) is 9.00. The van der Waals surface area contributed by atoms with Crippen molar-refractivity contribution in [2.45, 2.75) is 36.6 Å². The summed E-state index contributed by atoms with van der Waals surface area (Å²) in [4.78, 5) is 14.3. The van der Waals surface area contributed by atoms with Gasteiger partial charge in [-0.15, -0.1) is 0 Å². The zero-order valence-electron chi connectivity index (χ0n) is 15.9. The molecule has 2 fully saturated rings. The van der Waals surface area contributed by atoms with Crippen molar-refractivity contribution in [3.8, 4) is 0 Å². The van der Waals surface area contributed by atoms with Crippen LogP contribution in [0.2, 0.25) is 0 Å². The van der Waals surface area contributed by atoms with E-state index in [0.717, 1.165) is 58.5 Å². The summed E-state index contributed by atoms with van der Waals surface area (Å²) in [6.45, 7) is 4.80. The Kier molecular flexibility index (Phi) is 6.86. The Morgan fingerprint density at radius 3 is 2.52 bits per heavy atom. The first kappa shape index (κ1) is 20.3. The second-order valence-electron chi connectivity index (χ2n) is 7.11. The molecule has 7 nitrogen and oxygen atoms in total. The molecule has 3 rings (SSSR count). The van der Waals surface area contributed by atoms with Crippen molar-refractivity contribution in [3.63, 3.8) is 0 Å². The molecule has 2 saturated heterocycles. The van der Waals surface area contributed by atoms with Crippen LogP contribution in [-0.4, -0.2) is 76.0 Å². The molecule has 1 atom stereocenters. The van der Waals surface area contributed by atoms with Gasteiger partial charge in [-0.2, -0.15) is 4.31 Å². The van der Waals surface area contributed by atoms with Crippen LogP contribution in [0.25, 0.3) is 0 Å². The number of hydrogen-bond donors (Lipinski definition) is 1. The predicted octanol–water partition coefficient (Wildman–Crippen LogP) is 1.31. The summed E-state index contributed by atoms with van der Waals surface area (Å²) in [5.41, 5.74) is 0.457. The number of piperidine rings is 1. The Labute approximate surface area is 161 Å². The molecule has 0 radical (unpaired) electrons. The molecule has 0 bridgehead atoms. The quantitative estimate of drug-likeness (QED) is 0.786. The summed E-state index contributed by atoms with van der Waals surface area (Å²) < 4.78 is 33.4. The van der Waals surface area contributed by atoms with Crippen molar-refractivity contribution >= 4 is 15.9 Å². The Hall–Kier alpha value is -1.48. The third-order valence-corrected chi connectivity index (χ3v) is 7.37. The zero-order valence-corrected chi connectivity index (χ0v) is 16.7. The molecule has 0 saturated carbocycles. The molecule has 1 aromatic carbocycles. The van der Waals surface area contributed by atoms with Crippen molar-refractivity contribution in [2.24, 2.45) is 0 Å². The normalized spacial score (nSPS) is 22.5. The number of ether oxygens (including phenoxy) is 1. The van der Waals surface area contributed by atoms with Gasteiger partial charge < -0.3 is 10.1 Å². The molecular weight excluding hydrogens is 366 g/mol. The Bertz CT molecular complexity index is 730. The average molecular weight is 396 g/mol. The Balaban J connectivity index is 1.71. The maximum absolute atomic E-state index is 13.2. The maximum Gasteiger partial charge on any atom is 0.251 e. The van der Waals surface area contributed by atoms with E-state index in [1.165, 1.54) is 12.1 Å². The van der Waals surface area contributed by atoms with Crippen LogP contribution in [0.3, 0.4) is 0 Å². The highest BCUT2D eigenvalue weighted by Gasteiger charge is 2.33. The van der Waals surface area contributed by atoms with E-state index in [4.69, 9.17) is 4.74 Å². The van der Waals surface area contributed by atoms with Crippen LogP contribution in [0.1, 0.15) is 36.0 Å². The van der Waals surface area contributed by atoms with Crippen LogP contribution in [0.5, 0.6) is 0 Å². The molecule has 8 heteroatoms. The van der Waals surface area contributed by atoms with E-state index >= 15 is 0 Å². The van der Waals surface area contributed by atoms with Crippen LogP contribution in [0.4, 0.5) is 0 Å². The fourth-order valence-electron chi connectivity index (χ4n) is 3.79. The summed E-state index contributed by atoms with van der Waals surface area (Å²) in [5, 5.41) is 2.55. The van der Waals surface area contributed by atoms with E-state index in [2.05, 4.69) is 10.2 Å². The van der Waals surface area contributed by atoms with Crippen molar-refractivity contribution in [1.82, 2.24) is 14.5 Å². The molecule has 1 unspecified atom stereocenters. The molecule has 0 spiro atoms. The first-order valence-corrected chi connectivity index (χ1v) is 11.1. The lowest BCUT2D eigenvalue weighted by atomic mass is 10.0. The SMILES string of the molecule is CNC(=O)c1ccc(S(=O)(=O)N2CCCCC2CCN2CCOCC2)cc1. The van der Waals surface area contributed by atoms with Crippen molar-refractivity contribution in [3.05, 3.63) is 29.8 Å². The van der Waals surface area contributed by atoms with Crippen molar-refractivity contribution in [1.29, 1.82) is 0 Å². The van der Waals surface area contributed by atoms with Gasteiger partial charge in [0.15, 0.2) is 0 Å². The van der Waals surface area contributed by atoms with Crippen molar-refractivity contribution in [2.75, 3.05) is 46.4 Å². The van der Waals surface area contributed by atoms with Gasteiger partial charge in [0, 0.05) is 38.3 Å². The van der Waals surface area contributed by atoms with Gasteiger partial charge in [-0.3, -0.25) is 9.69 Å². The van der Waals surface area contributed by atoms with Gasteiger partial charge in [0.05, 0.1) is 18.1 Å². The fourth-order valence-corrected chi connectivity index (χ4v) is 5.52. The molecule has 0 aromatic heterocycles. The summed E-state index contributed by atoms with van der Waals surface area (Å²) in [5.74, 6) is -0.222. The largest absolute Gasteiger partial charge is 0.379 e. The molecule has 150 valence electrons. The molecule has 0 aliphatic carbocycles. The maximum atomic E-state index is 13.2. The summed E-state index contributed by atoms with van der Waals surface area (Å²) >= 11 is 0. The summed E-state index contributed by atoms with van der Waals surface area (Å²) in [6, 6.07) is 6.24. The second kappa shape index (κ2) is 9.14. The van der Waals surface area contributed by atoms with Crippen LogP contribution in [-0.2, 0) is 14.8 Å². The lowest BCUT2D eigenvalue weighted by Crippen LogP contribution is -2.46. The van der Waals surface area contributed by atoms with Gasteiger partial charge in [0.1, 0.15) is 0 Å². The number of nitrogens with one attached hydrogen (secondary N) is 1. The first-order chi connectivity index (χ1) is 13.0. The van der Waals surface area contributed by atoms with Gasteiger partial charge >= 0.3 is 0 Å². The molecule has 1 aromatic rings. The van der Waals surface area contributed by atoms with E-state index in [1.807, 2.05) is 0 Å². The van der Waals surface area contributed by atoms with Gasteiger partial charge in [0.2, 0.25) is 10.0 Å². The first-order valence-electron chi connectivity index (χ1n) is 9.66. The highest BCUT2D eigenvalue weighted by Crippen LogP contribution is 2.27. The number of carbonyl (C=O) groups excluding carboxylic acids is 1. The lowest BCUT2D eigenvalue weighted by molar-refractivity contribution is 0.0340. The van der Waals surface area contributed by atoms with Crippen LogP contribution >= 0.6 is 0 Å². The van der Waals surface area contributed by atoms with Crippen LogP contribution in [0.15, 0.2) is 29.2 Å². The number of sulfonamides is 1. The molecule has 27 heavy (non-hydrogen) atoms. The highest BCUT2D eigenvalue weighted by atomic mass is 32.2. The van der Waals surface area contributed by atoms with Gasteiger partial charge in [-0.1, -0.05) is 6.42 Å². The van der Waals surface area contributed by atoms with Crippen LogP contribution in [0, 0.1) is 0 Å². The number of morpholine rings is 1. The summed E-state index contributed by atoms with van der Waals surface area (Å²) in [6.07, 6.45) is 3.70. The van der Waals surface area contributed by atoms with Crippen LogP contribution < -0.4 is 5.32 Å². The number of hydrogen-bond acceptors (Lipinski definition) is 5. The van der Waals surface area contributed by atoms with Crippen molar-refractivity contribution < 1.29 is 17.9 Å². The van der Waals surface area contributed by atoms with E-state index in [0.29, 0.717) is 12.1 Å². The standard InChI is InChI=1S/C19H29N3O4S/c1-20-19(23)16-5-7-18(8-6-16)27(24,25)22-10-3-2-4-17(22)9-11-21-12-14-26-15-13-21/h5-8,17H,2-4,9-15H2,1H3,(H,20,23). The number of amides is 1. The Morgan fingerprint density at radius 1 is 1.15 bits per heavy atom. The number of carbonyl (C=O) groups is 1. The monoisotopic (exact) mass is 395 g/mol. The third kappa shape index (κ3) is 4.87. The molecule has 2 aliphatic heterocycles. The third-order valence-electron chi connectivity index (χ3n) is 5.41. The van der Waals surface area contributed by atoms with Gasteiger partial charge in [-0.25, -0.2) is 8.42 Å². The van der Waals surface area contributed by atoms with Gasteiger partial charge in [-0.05, 0) is 50.1 Å². The topological polar surface area (TPSA) is 79.0 Å². The minimum absolute atomic E-state index is 0.0326.